The van der Waals surface area contributed by atoms with Crippen molar-refractivity contribution in [3.05, 3.63) is 42.7 Å². The molecule has 0 aliphatic heterocycles. The molecule has 0 fully saturated rings. The van der Waals surface area contributed by atoms with Crippen LogP contribution in [-0.2, 0) is 11.3 Å². The first-order chi connectivity index (χ1) is 9.22. The Balaban J connectivity index is 2.05. The third kappa shape index (κ3) is 6.82. The van der Waals surface area contributed by atoms with Crippen LogP contribution in [0.25, 0.3) is 0 Å². The average Bonchev–Trinajstić information content (AvgIpc) is 2.45. The predicted octanol–water partition coefficient (Wildman–Crippen LogP) is 0.573. The summed E-state index contributed by atoms with van der Waals surface area (Å²) in [6.07, 6.45) is 5.24. The van der Waals surface area contributed by atoms with Crippen molar-refractivity contribution in [2.24, 2.45) is 0 Å². The van der Waals surface area contributed by atoms with Crippen LogP contribution in [0.15, 0.2) is 37.2 Å². The Bertz CT molecular complexity index is 420. The average molecular weight is 262 g/mol. The van der Waals surface area contributed by atoms with Crippen LogP contribution in [-0.4, -0.2) is 30.0 Å². The molecule has 6 heteroatoms. The van der Waals surface area contributed by atoms with Gasteiger partial charge in [-0.2, -0.15) is 0 Å². The van der Waals surface area contributed by atoms with Gasteiger partial charge in [-0.05, 0) is 30.2 Å². The highest BCUT2D eigenvalue weighted by molar-refractivity contribution is 5.86. The summed E-state index contributed by atoms with van der Waals surface area (Å²) >= 11 is 0. The third-order valence-electron chi connectivity index (χ3n) is 2.33. The van der Waals surface area contributed by atoms with E-state index < -0.39 is 0 Å². The van der Waals surface area contributed by atoms with Crippen LogP contribution in [0.3, 0.4) is 0 Å². The molecule has 6 nitrogen and oxygen atoms in total. The summed E-state index contributed by atoms with van der Waals surface area (Å²) < 4.78 is 0. The van der Waals surface area contributed by atoms with E-state index in [2.05, 4.69) is 27.5 Å². The maximum absolute atomic E-state index is 11.4. The van der Waals surface area contributed by atoms with Crippen molar-refractivity contribution in [1.29, 1.82) is 0 Å². The Morgan fingerprint density at radius 3 is 2.53 bits per heavy atom. The van der Waals surface area contributed by atoms with E-state index in [-0.39, 0.29) is 11.9 Å². The van der Waals surface area contributed by atoms with E-state index in [1.165, 1.54) is 6.08 Å². The van der Waals surface area contributed by atoms with E-state index in [0.29, 0.717) is 26.1 Å². The van der Waals surface area contributed by atoms with Gasteiger partial charge in [-0.15, -0.1) is 0 Å². The number of hydrogen-bond acceptors (Lipinski definition) is 3. The fourth-order valence-electron chi connectivity index (χ4n) is 1.32. The highest BCUT2D eigenvalue weighted by Crippen LogP contribution is 1.94. The standard InChI is InChI=1S/C13H18N4O2/c1-2-12(18)15-6-3-7-16-13(19)17-10-11-4-8-14-9-5-11/h2,4-5,8-9H,1,3,6-7,10H2,(H,15,18)(H2,16,17,19). The molecule has 1 aromatic rings. The topological polar surface area (TPSA) is 83.1 Å². The number of amides is 3. The molecule has 0 aliphatic rings. The van der Waals surface area contributed by atoms with Crippen molar-refractivity contribution < 1.29 is 9.59 Å². The van der Waals surface area contributed by atoms with Gasteiger partial charge in [0.05, 0.1) is 0 Å². The number of nitrogens with one attached hydrogen (secondary N) is 3. The van der Waals surface area contributed by atoms with Gasteiger partial charge in [-0.3, -0.25) is 9.78 Å². The number of aromatic nitrogens is 1. The van der Waals surface area contributed by atoms with Crippen LogP contribution in [0.1, 0.15) is 12.0 Å². The smallest absolute Gasteiger partial charge is 0.315 e. The number of rotatable bonds is 7. The molecule has 1 rings (SSSR count). The monoisotopic (exact) mass is 262 g/mol. The van der Waals surface area contributed by atoms with Gasteiger partial charge in [0, 0.05) is 32.0 Å². The lowest BCUT2D eigenvalue weighted by atomic mass is 10.3. The van der Waals surface area contributed by atoms with Crippen molar-refractivity contribution in [2.45, 2.75) is 13.0 Å². The summed E-state index contributed by atoms with van der Waals surface area (Å²) in [5, 5.41) is 8.06. The predicted molar refractivity (Wildman–Crippen MR) is 72.3 cm³/mol. The normalized spacial score (nSPS) is 9.47. The second kappa shape index (κ2) is 8.68. The zero-order valence-corrected chi connectivity index (χ0v) is 10.7. The highest BCUT2D eigenvalue weighted by atomic mass is 16.2. The maximum Gasteiger partial charge on any atom is 0.315 e. The fraction of sp³-hybridized carbons (Fsp3) is 0.308. The molecule has 0 bridgehead atoms. The molecule has 1 aromatic heterocycles. The van der Waals surface area contributed by atoms with Gasteiger partial charge in [0.25, 0.3) is 0 Å². The second-order valence-electron chi connectivity index (χ2n) is 3.81. The molecule has 102 valence electrons. The molecule has 0 aromatic carbocycles. The van der Waals surface area contributed by atoms with Crippen LogP contribution in [0.5, 0.6) is 0 Å². The van der Waals surface area contributed by atoms with Crippen LogP contribution >= 0.6 is 0 Å². The van der Waals surface area contributed by atoms with Crippen molar-refractivity contribution in [1.82, 2.24) is 20.9 Å². The molecule has 0 atom stereocenters. The quantitative estimate of drug-likeness (QED) is 0.496. The number of pyridine rings is 1. The Morgan fingerprint density at radius 2 is 1.84 bits per heavy atom. The number of carbonyl (C=O) groups is 2. The lowest BCUT2D eigenvalue weighted by Crippen LogP contribution is -2.36. The van der Waals surface area contributed by atoms with Crippen LogP contribution in [0.2, 0.25) is 0 Å². The van der Waals surface area contributed by atoms with Crippen molar-refractivity contribution in [3.63, 3.8) is 0 Å². The summed E-state index contributed by atoms with van der Waals surface area (Å²) in [6, 6.07) is 3.45. The van der Waals surface area contributed by atoms with Gasteiger partial charge >= 0.3 is 6.03 Å². The van der Waals surface area contributed by atoms with E-state index in [9.17, 15) is 9.59 Å². The molecule has 3 N–H and O–H groups in total. The van der Waals surface area contributed by atoms with Gasteiger partial charge in [-0.1, -0.05) is 6.58 Å². The third-order valence-corrected chi connectivity index (χ3v) is 2.33. The van der Waals surface area contributed by atoms with Gasteiger partial charge in [-0.25, -0.2) is 4.79 Å². The maximum atomic E-state index is 11.4. The summed E-state index contributed by atoms with van der Waals surface area (Å²) in [5.41, 5.74) is 0.989. The number of urea groups is 1. The molecular weight excluding hydrogens is 244 g/mol. The molecule has 0 saturated heterocycles. The first kappa shape index (κ1) is 14.7. The van der Waals surface area contributed by atoms with Crippen molar-refractivity contribution in [3.8, 4) is 0 Å². The molecule has 3 amide bonds. The zero-order chi connectivity index (χ0) is 13.9. The Kier molecular flexibility index (Phi) is 6.71. The number of hydrogen-bond donors (Lipinski definition) is 3. The summed E-state index contributed by atoms with van der Waals surface area (Å²) in [6.45, 7) is 4.81. The van der Waals surface area contributed by atoms with Crippen molar-refractivity contribution >= 4 is 11.9 Å². The number of carbonyl (C=O) groups excluding carboxylic acids is 2. The SMILES string of the molecule is C=CC(=O)NCCCNC(=O)NCc1ccncc1. The minimum Gasteiger partial charge on any atom is -0.353 e. The summed E-state index contributed by atoms with van der Waals surface area (Å²) in [7, 11) is 0. The highest BCUT2D eigenvalue weighted by Gasteiger charge is 1.99. The molecular formula is C13H18N4O2. The van der Waals surface area contributed by atoms with Crippen molar-refractivity contribution in [2.75, 3.05) is 13.1 Å². The zero-order valence-electron chi connectivity index (χ0n) is 10.7. The van der Waals surface area contributed by atoms with E-state index in [1.54, 1.807) is 12.4 Å². The molecule has 0 spiro atoms. The fourth-order valence-corrected chi connectivity index (χ4v) is 1.32. The summed E-state index contributed by atoms with van der Waals surface area (Å²) in [4.78, 5) is 26.2. The first-order valence-electron chi connectivity index (χ1n) is 6.03. The molecule has 0 aliphatic carbocycles. The Hall–Kier alpha value is -2.37. The summed E-state index contributed by atoms with van der Waals surface area (Å²) in [5.74, 6) is -0.206. The lowest BCUT2D eigenvalue weighted by Gasteiger charge is -2.07. The first-order valence-corrected chi connectivity index (χ1v) is 6.03. The largest absolute Gasteiger partial charge is 0.353 e. The minimum atomic E-state index is -0.230. The van der Waals surface area contributed by atoms with E-state index >= 15 is 0 Å². The van der Waals surface area contributed by atoms with Gasteiger partial charge in [0.2, 0.25) is 5.91 Å². The van der Waals surface area contributed by atoms with E-state index in [0.717, 1.165) is 5.56 Å². The van der Waals surface area contributed by atoms with E-state index in [1.807, 2.05) is 12.1 Å². The minimum absolute atomic E-state index is 0.206. The Labute approximate surface area is 112 Å². The van der Waals surface area contributed by atoms with Gasteiger partial charge in [0.15, 0.2) is 0 Å². The lowest BCUT2D eigenvalue weighted by molar-refractivity contribution is -0.116. The molecule has 1 heterocycles. The van der Waals surface area contributed by atoms with E-state index in [4.69, 9.17) is 0 Å². The van der Waals surface area contributed by atoms with Crippen LogP contribution < -0.4 is 16.0 Å². The molecule has 19 heavy (non-hydrogen) atoms. The second-order valence-corrected chi connectivity index (χ2v) is 3.81. The van der Waals surface area contributed by atoms with Gasteiger partial charge in [0.1, 0.15) is 0 Å². The molecule has 0 saturated carbocycles. The molecule has 0 unspecified atom stereocenters. The Morgan fingerprint density at radius 1 is 1.16 bits per heavy atom. The van der Waals surface area contributed by atoms with Crippen LogP contribution in [0.4, 0.5) is 4.79 Å². The van der Waals surface area contributed by atoms with Gasteiger partial charge < -0.3 is 16.0 Å². The molecule has 0 radical (unpaired) electrons. The number of nitrogens with zero attached hydrogens (tertiary/aromatic N) is 1. The van der Waals surface area contributed by atoms with Crippen LogP contribution in [0, 0.1) is 0 Å².